The number of esters is 1. The minimum Gasteiger partial charge on any atom is -0.490 e. The highest BCUT2D eigenvalue weighted by Crippen LogP contribution is 2.40. The Balaban J connectivity index is 1.41. The maximum atomic E-state index is 11.5. The van der Waals surface area contributed by atoms with Crippen LogP contribution >= 0.6 is 34.7 Å². The number of halogens is 1. The monoisotopic (exact) mass is 644 g/mol. The molecular formula is C32H29ClN6O3S2. The highest BCUT2D eigenvalue weighted by molar-refractivity contribution is 7.98. The summed E-state index contributed by atoms with van der Waals surface area (Å²) in [6, 6.07) is 19.4. The number of nitrogens with two attached hydrogens (primary N) is 1. The molecule has 2 N–H and O–H groups in total. The van der Waals surface area contributed by atoms with E-state index in [1.165, 1.54) is 11.8 Å². The molecule has 1 saturated heterocycles. The highest BCUT2D eigenvalue weighted by Gasteiger charge is 2.26. The summed E-state index contributed by atoms with van der Waals surface area (Å²) in [6.45, 7) is 2.14. The van der Waals surface area contributed by atoms with E-state index in [0.717, 1.165) is 42.2 Å². The van der Waals surface area contributed by atoms with Gasteiger partial charge in [-0.25, -0.2) is 9.97 Å². The lowest BCUT2D eigenvalue weighted by molar-refractivity contribution is -0.144. The predicted molar refractivity (Wildman–Crippen MR) is 173 cm³/mol. The van der Waals surface area contributed by atoms with Crippen LogP contribution in [-0.2, 0) is 15.3 Å². The zero-order valence-electron chi connectivity index (χ0n) is 23.8. The molecule has 1 aliphatic heterocycles. The SMILES string of the molecule is N#Cc1c(SCc2csc(-c3ccc(Cl)cc3)n2)nc(N2CCCC2)c(C#N)c1-c1ccc(OCCOC(=O)CCN)cc1. The molecule has 2 aromatic carbocycles. The molecule has 1 aliphatic rings. The fourth-order valence-electron chi connectivity index (χ4n) is 4.78. The van der Waals surface area contributed by atoms with Crippen molar-refractivity contribution in [3.8, 4) is 39.6 Å². The van der Waals surface area contributed by atoms with Crippen LogP contribution in [0.1, 0.15) is 36.1 Å². The third-order valence-corrected chi connectivity index (χ3v) is 9.08. The Morgan fingerprint density at radius 2 is 1.70 bits per heavy atom. The summed E-state index contributed by atoms with van der Waals surface area (Å²) >= 11 is 9.03. The fraction of sp³-hybridized carbons (Fsp3) is 0.281. The first-order valence-corrected chi connectivity index (χ1v) is 16.3. The average molecular weight is 645 g/mol. The largest absolute Gasteiger partial charge is 0.490 e. The summed E-state index contributed by atoms with van der Waals surface area (Å²) in [7, 11) is 0. The van der Waals surface area contributed by atoms with Crippen LogP contribution in [0.4, 0.5) is 5.82 Å². The summed E-state index contributed by atoms with van der Waals surface area (Å²) in [4.78, 5) is 23.3. The van der Waals surface area contributed by atoms with Crippen molar-refractivity contribution in [3.05, 3.63) is 75.8 Å². The molecule has 0 unspecified atom stereocenters. The van der Waals surface area contributed by atoms with Crippen molar-refractivity contribution < 1.29 is 14.3 Å². The van der Waals surface area contributed by atoms with E-state index in [1.54, 1.807) is 23.5 Å². The normalized spacial score (nSPS) is 12.5. The lowest BCUT2D eigenvalue weighted by Gasteiger charge is -2.22. The topological polar surface area (TPSA) is 138 Å². The molecule has 44 heavy (non-hydrogen) atoms. The molecule has 3 heterocycles. The Labute approximate surface area is 269 Å². The Morgan fingerprint density at radius 3 is 2.39 bits per heavy atom. The molecule has 0 radical (unpaired) electrons. The number of ether oxygens (including phenoxy) is 2. The van der Waals surface area contributed by atoms with Crippen LogP contribution in [0.2, 0.25) is 5.02 Å². The van der Waals surface area contributed by atoms with Gasteiger partial charge in [0, 0.05) is 46.9 Å². The number of carbonyl (C=O) groups is 1. The van der Waals surface area contributed by atoms with Gasteiger partial charge in [-0.3, -0.25) is 4.79 Å². The number of aromatic nitrogens is 2. The second-order valence-electron chi connectivity index (χ2n) is 9.85. The van der Waals surface area contributed by atoms with Crippen LogP contribution in [-0.4, -0.2) is 48.8 Å². The summed E-state index contributed by atoms with van der Waals surface area (Å²) < 4.78 is 10.8. The van der Waals surface area contributed by atoms with Gasteiger partial charge in [0.1, 0.15) is 52.5 Å². The van der Waals surface area contributed by atoms with Crippen LogP contribution in [0.15, 0.2) is 58.9 Å². The summed E-state index contributed by atoms with van der Waals surface area (Å²) in [5.41, 5.74) is 9.22. The van der Waals surface area contributed by atoms with E-state index in [0.29, 0.717) is 49.6 Å². The van der Waals surface area contributed by atoms with Crippen molar-refractivity contribution >= 4 is 46.5 Å². The highest BCUT2D eigenvalue weighted by atomic mass is 35.5. The van der Waals surface area contributed by atoms with Gasteiger partial charge >= 0.3 is 5.97 Å². The second-order valence-corrected chi connectivity index (χ2v) is 12.1. The van der Waals surface area contributed by atoms with Gasteiger partial charge < -0.3 is 20.1 Å². The van der Waals surface area contributed by atoms with E-state index in [9.17, 15) is 15.3 Å². The van der Waals surface area contributed by atoms with Crippen molar-refractivity contribution in [2.24, 2.45) is 5.73 Å². The molecule has 0 amide bonds. The number of anilines is 1. The third kappa shape index (κ3) is 7.50. The molecule has 224 valence electrons. The minimum atomic E-state index is -0.364. The number of thioether (sulfide) groups is 1. The van der Waals surface area contributed by atoms with E-state index < -0.39 is 0 Å². The van der Waals surface area contributed by atoms with Gasteiger partial charge in [0.05, 0.1) is 17.7 Å². The number of nitrogens with zero attached hydrogens (tertiary/aromatic N) is 5. The summed E-state index contributed by atoms with van der Waals surface area (Å²) in [5, 5.41) is 24.8. The standard InChI is InChI=1S/C32H29ClN6O3S2/c33-23-7-3-22(4-8-23)31-37-24(19-43-31)20-44-32-27(18-36)29(26(17-35)30(38-32)39-13-1-2-14-39)21-5-9-25(10-6-21)41-15-16-42-28(40)11-12-34/h3-10,19H,1-2,11-16,20,34H2. The molecule has 0 saturated carbocycles. The molecule has 9 nitrogen and oxygen atoms in total. The van der Waals surface area contributed by atoms with Crippen LogP contribution in [0, 0.1) is 22.7 Å². The second kappa shape index (κ2) is 15.0. The zero-order valence-corrected chi connectivity index (χ0v) is 26.2. The molecular weight excluding hydrogens is 616 g/mol. The van der Waals surface area contributed by atoms with Crippen LogP contribution in [0.5, 0.6) is 5.75 Å². The van der Waals surface area contributed by atoms with Crippen molar-refractivity contribution in [1.29, 1.82) is 10.5 Å². The van der Waals surface area contributed by atoms with Gasteiger partial charge in [-0.15, -0.1) is 11.3 Å². The summed E-state index contributed by atoms with van der Waals surface area (Å²) in [5.74, 6) is 1.32. The van der Waals surface area contributed by atoms with Crippen LogP contribution in [0.3, 0.4) is 0 Å². The van der Waals surface area contributed by atoms with Gasteiger partial charge in [0.15, 0.2) is 0 Å². The first-order chi connectivity index (χ1) is 21.5. The van der Waals surface area contributed by atoms with E-state index in [-0.39, 0.29) is 32.1 Å². The molecule has 2 aromatic heterocycles. The first kappa shape index (κ1) is 31.3. The molecule has 0 spiro atoms. The van der Waals surface area contributed by atoms with Crippen molar-refractivity contribution in [2.45, 2.75) is 30.0 Å². The lowest BCUT2D eigenvalue weighted by atomic mass is 9.96. The molecule has 0 bridgehead atoms. The number of rotatable bonds is 12. The lowest BCUT2D eigenvalue weighted by Crippen LogP contribution is -2.21. The quantitative estimate of drug-likeness (QED) is 0.104. The van der Waals surface area contributed by atoms with E-state index in [2.05, 4.69) is 17.0 Å². The smallest absolute Gasteiger partial charge is 0.307 e. The molecule has 0 aliphatic carbocycles. The van der Waals surface area contributed by atoms with Crippen LogP contribution < -0.4 is 15.4 Å². The number of pyridine rings is 1. The van der Waals surface area contributed by atoms with Crippen molar-refractivity contribution in [1.82, 2.24) is 9.97 Å². The number of benzene rings is 2. The number of hydrogen-bond donors (Lipinski definition) is 1. The van der Waals surface area contributed by atoms with Gasteiger partial charge in [-0.2, -0.15) is 10.5 Å². The number of nitriles is 2. The Bertz CT molecular complexity index is 1690. The van der Waals surface area contributed by atoms with Gasteiger partial charge in [0.25, 0.3) is 0 Å². The Kier molecular flexibility index (Phi) is 10.7. The van der Waals surface area contributed by atoms with E-state index in [1.807, 2.05) is 41.8 Å². The third-order valence-electron chi connectivity index (χ3n) is 6.88. The average Bonchev–Trinajstić information content (AvgIpc) is 3.75. The van der Waals surface area contributed by atoms with Crippen molar-refractivity contribution in [3.63, 3.8) is 0 Å². The maximum absolute atomic E-state index is 11.5. The molecule has 4 aromatic rings. The predicted octanol–water partition coefficient (Wildman–Crippen LogP) is 6.43. The molecule has 12 heteroatoms. The van der Waals surface area contributed by atoms with Gasteiger partial charge in [-0.1, -0.05) is 47.6 Å². The maximum Gasteiger partial charge on any atom is 0.307 e. The number of thiazole rings is 1. The molecule has 5 rings (SSSR count). The Hall–Kier alpha value is -4.13. The molecule has 1 fully saturated rings. The first-order valence-electron chi connectivity index (χ1n) is 14.1. The van der Waals surface area contributed by atoms with Gasteiger partial charge in [-0.05, 0) is 42.7 Å². The fourth-order valence-corrected chi connectivity index (χ4v) is 6.71. The summed E-state index contributed by atoms with van der Waals surface area (Å²) in [6.07, 6.45) is 2.20. The van der Waals surface area contributed by atoms with Crippen LogP contribution in [0.25, 0.3) is 21.7 Å². The minimum absolute atomic E-state index is 0.113. The number of hydrogen-bond acceptors (Lipinski definition) is 11. The number of carbonyl (C=O) groups excluding carboxylic acids is 1. The van der Waals surface area contributed by atoms with E-state index >= 15 is 0 Å². The molecule has 0 atom stereocenters. The Morgan fingerprint density at radius 1 is 1.00 bits per heavy atom. The van der Waals surface area contributed by atoms with Crippen molar-refractivity contribution in [2.75, 3.05) is 37.7 Å². The zero-order chi connectivity index (χ0) is 30.9. The van der Waals surface area contributed by atoms with E-state index in [4.69, 9.17) is 36.8 Å². The van der Waals surface area contributed by atoms with Gasteiger partial charge in [0.2, 0.25) is 0 Å².